The van der Waals surface area contributed by atoms with Crippen molar-refractivity contribution in [3.63, 3.8) is 0 Å². The minimum absolute atomic E-state index is 0.0948. The fourth-order valence-corrected chi connectivity index (χ4v) is 3.76. The van der Waals surface area contributed by atoms with Gasteiger partial charge in [0, 0.05) is 33.0 Å². The Morgan fingerprint density at radius 2 is 2.00 bits per heavy atom. The molecule has 0 spiro atoms. The van der Waals surface area contributed by atoms with Crippen molar-refractivity contribution in [2.45, 2.75) is 36.8 Å². The Hall–Kier alpha value is -1.21. The first-order valence-electron chi connectivity index (χ1n) is 5.90. The van der Waals surface area contributed by atoms with Crippen molar-refractivity contribution in [2.75, 3.05) is 7.05 Å². The lowest BCUT2D eigenvalue weighted by Crippen LogP contribution is -2.40. The van der Waals surface area contributed by atoms with E-state index in [1.165, 1.54) is 21.3 Å². The highest BCUT2D eigenvalue weighted by Crippen LogP contribution is 2.24. The predicted octanol–water partition coefficient (Wildman–Crippen LogP) is 0.552. The molecule has 0 saturated heterocycles. The Balaban J connectivity index is 2.20. The SMILES string of the molecule is CN(C1CCC(=O)CC1)S(=O)(=O)c1ccnn1C. The van der Waals surface area contributed by atoms with Crippen LogP contribution in [0.5, 0.6) is 0 Å². The summed E-state index contributed by atoms with van der Waals surface area (Å²) in [4.78, 5) is 11.2. The largest absolute Gasteiger partial charge is 0.300 e. The van der Waals surface area contributed by atoms with Crippen LogP contribution in [0.1, 0.15) is 25.7 Å². The van der Waals surface area contributed by atoms with Crippen LogP contribution in [-0.2, 0) is 21.9 Å². The number of hydrogen-bond donors (Lipinski definition) is 0. The van der Waals surface area contributed by atoms with Crippen molar-refractivity contribution in [1.82, 2.24) is 14.1 Å². The van der Waals surface area contributed by atoms with Crippen molar-refractivity contribution in [1.29, 1.82) is 0 Å². The molecule has 7 heteroatoms. The van der Waals surface area contributed by atoms with Crippen molar-refractivity contribution in [3.05, 3.63) is 12.3 Å². The fourth-order valence-electron chi connectivity index (χ4n) is 2.25. The van der Waals surface area contributed by atoms with Gasteiger partial charge in [-0.25, -0.2) is 8.42 Å². The lowest BCUT2D eigenvalue weighted by molar-refractivity contribution is -0.120. The number of carbonyl (C=O) groups excluding carboxylic acids is 1. The molecule has 1 heterocycles. The van der Waals surface area contributed by atoms with Gasteiger partial charge in [0.1, 0.15) is 5.78 Å². The van der Waals surface area contributed by atoms with E-state index < -0.39 is 10.0 Å². The monoisotopic (exact) mass is 271 g/mol. The molecule has 1 aromatic rings. The molecule has 1 saturated carbocycles. The number of hydrogen-bond acceptors (Lipinski definition) is 4. The summed E-state index contributed by atoms with van der Waals surface area (Å²) < 4.78 is 27.5. The van der Waals surface area contributed by atoms with E-state index in [-0.39, 0.29) is 16.9 Å². The van der Waals surface area contributed by atoms with Gasteiger partial charge in [0.2, 0.25) is 0 Å². The van der Waals surface area contributed by atoms with Gasteiger partial charge >= 0.3 is 0 Å². The molecule has 0 aromatic carbocycles. The quantitative estimate of drug-likeness (QED) is 0.805. The summed E-state index contributed by atoms with van der Waals surface area (Å²) in [6.45, 7) is 0. The maximum absolute atomic E-state index is 12.4. The molecule has 1 aromatic heterocycles. The van der Waals surface area contributed by atoms with Crippen LogP contribution in [0, 0.1) is 0 Å². The first kappa shape index (κ1) is 13.2. The number of carbonyl (C=O) groups is 1. The van der Waals surface area contributed by atoms with Gasteiger partial charge in [-0.15, -0.1) is 0 Å². The minimum Gasteiger partial charge on any atom is -0.300 e. The van der Waals surface area contributed by atoms with E-state index in [9.17, 15) is 13.2 Å². The predicted molar refractivity (Wildman–Crippen MR) is 65.4 cm³/mol. The van der Waals surface area contributed by atoms with Crippen LogP contribution in [0.2, 0.25) is 0 Å². The number of nitrogens with zero attached hydrogens (tertiary/aromatic N) is 3. The summed E-state index contributed by atoms with van der Waals surface area (Å²) in [6, 6.07) is 1.39. The highest BCUT2D eigenvalue weighted by atomic mass is 32.2. The molecule has 0 bridgehead atoms. The Kier molecular flexibility index (Phi) is 3.54. The van der Waals surface area contributed by atoms with Crippen molar-refractivity contribution >= 4 is 15.8 Å². The maximum Gasteiger partial charge on any atom is 0.260 e. The molecule has 18 heavy (non-hydrogen) atoms. The van der Waals surface area contributed by atoms with Crippen LogP contribution < -0.4 is 0 Å². The summed E-state index contributed by atoms with van der Waals surface area (Å²) in [5.74, 6) is 0.220. The smallest absolute Gasteiger partial charge is 0.260 e. The molecule has 6 nitrogen and oxygen atoms in total. The summed E-state index contributed by atoms with van der Waals surface area (Å²) in [7, 11) is -0.346. The zero-order chi connectivity index (χ0) is 13.3. The van der Waals surface area contributed by atoms with Crippen molar-refractivity contribution in [3.8, 4) is 0 Å². The zero-order valence-corrected chi connectivity index (χ0v) is 11.4. The number of aromatic nitrogens is 2. The van der Waals surface area contributed by atoms with E-state index in [1.54, 1.807) is 14.1 Å². The molecule has 1 aliphatic carbocycles. The lowest BCUT2D eigenvalue weighted by Gasteiger charge is -2.29. The van der Waals surface area contributed by atoms with Gasteiger partial charge in [-0.3, -0.25) is 9.48 Å². The first-order valence-corrected chi connectivity index (χ1v) is 7.34. The molecule has 1 fully saturated rings. The second kappa shape index (κ2) is 4.81. The molecule has 0 aliphatic heterocycles. The Labute approximate surface area is 107 Å². The third-order valence-corrected chi connectivity index (χ3v) is 5.43. The van der Waals surface area contributed by atoms with Gasteiger partial charge in [0.05, 0.1) is 6.20 Å². The van der Waals surface area contributed by atoms with Crippen molar-refractivity contribution < 1.29 is 13.2 Å². The van der Waals surface area contributed by atoms with E-state index >= 15 is 0 Å². The summed E-state index contributed by atoms with van der Waals surface area (Å²) in [5, 5.41) is 4.06. The molecule has 0 N–H and O–H groups in total. The van der Waals surface area contributed by atoms with Crippen LogP contribution >= 0.6 is 0 Å². The summed E-state index contributed by atoms with van der Waals surface area (Å²) in [6.07, 6.45) is 3.61. The summed E-state index contributed by atoms with van der Waals surface area (Å²) >= 11 is 0. The highest BCUT2D eigenvalue weighted by Gasteiger charge is 2.32. The summed E-state index contributed by atoms with van der Waals surface area (Å²) in [5.41, 5.74) is 0. The van der Waals surface area contributed by atoms with Gasteiger partial charge < -0.3 is 0 Å². The number of ketones is 1. The molecule has 0 unspecified atom stereocenters. The van der Waals surface area contributed by atoms with Gasteiger partial charge in [0.25, 0.3) is 10.0 Å². The molecule has 0 radical (unpaired) electrons. The molecule has 2 rings (SSSR count). The lowest BCUT2D eigenvalue weighted by atomic mass is 9.95. The van der Waals surface area contributed by atoms with Crippen LogP contribution in [-0.4, -0.2) is 41.4 Å². The molecular weight excluding hydrogens is 254 g/mol. The number of rotatable bonds is 3. The second-order valence-electron chi connectivity index (χ2n) is 4.58. The molecular formula is C11H17N3O3S. The van der Waals surface area contributed by atoms with Gasteiger partial charge in [0.15, 0.2) is 5.03 Å². The normalized spacial score (nSPS) is 18.5. The first-order chi connectivity index (χ1) is 8.43. The molecule has 0 atom stereocenters. The Bertz CT molecular complexity index is 540. The van der Waals surface area contributed by atoms with Gasteiger partial charge in [-0.05, 0) is 18.9 Å². The van der Waals surface area contributed by atoms with E-state index in [2.05, 4.69) is 5.10 Å². The maximum atomic E-state index is 12.4. The van der Waals surface area contributed by atoms with Crippen LogP contribution in [0.4, 0.5) is 0 Å². The zero-order valence-electron chi connectivity index (χ0n) is 10.5. The topological polar surface area (TPSA) is 72.3 Å². The van der Waals surface area contributed by atoms with E-state index in [4.69, 9.17) is 0 Å². The molecule has 0 amide bonds. The van der Waals surface area contributed by atoms with Crippen LogP contribution in [0.15, 0.2) is 17.3 Å². The van der Waals surface area contributed by atoms with Crippen LogP contribution in [0.3, 0.4) is 0 Å². The Morgan fingerprint density at radius 1 is 1.39 bits per heavy atom. The number of Topliss-reactive ketones (excluding diaryl/α,β-unsaturated/α-hetero) is 1. The standard InChI is InChI=1S/C11H17N3O3S/c1-13-11(7-8-12-13)18(16,17)14(2)9-3-5-10(15)6-4-9/h7-9H,3-6H2,1-2H3. The second-order valence-corrected chi connectivity index (χ2v) is 6.53. The van der Waals surface area contributed by atoms with E-state index in [1.807, 2.05) is 0 Å². The average Bonchev–Trinajstić information content (AvgIpc) is 2.76. The molecule has 100 valence electrons. The third-order valence-electron chi connectivity index (χ3n) is 3.45. The van der Waals surface area contributed by atoms with Gasteiger partial charge in [-0.1, -0.05) is 0 Å². The van der Waals surface area contributed by atoms with E-state index in [0.29, 0.717) is 25.7 Å². The number of aryl methyl sites for hydroxylation is 1. The van der Waals surface area contributed by atoms with E-state index in [0.717, 1.165) is 0 Å². The fraction of sp³-hybridized carbons (Fsp3) is 0.636. The average molecular weight is 271 g/mol. The third kappa shape index (κ3) is 2.32. The highest BCUT2D eigenvalue weighted by molar-refractivity contribution is 7.89. The van der Waals surface area contributed by atoms with Gasteiger partial charge in [-0.2, -0.15) is 9.40 Å². The minimum atomic E-state index is -3.52. The van der Waals surface area contributed by atoms with Crippen LogP contribution in [0.25, 0.3) is 0 Å². The number of sulfonamides is 1. The Morgan fingerprint density at radius 3 is 2.50 bits per heavy atom. The van der Waals surface area contributed by atoms with Crippen molar-refractivity contribution in [2.24, 2.45) is 7.05 Å². The molecule has 1 aliphatic rings.